The van der Waals surface area contributed by atoms with Crippen LogP contribution in [-0.4, -0.2) is 54.8 Å². The first-order valence-electron chi connectivity index (χ1n) is 10.6. The number of benzene rings is 2. The van der Waals surface area contributed by atoms with Crippen molar-refractivity contribution in [1.29, 1.82) is 0 Å². The smallest absolute Gasteiger partial charge is 0.306 e. The molecule has 166 valence electrons. The van der Waals surface area contributed by atoms with Crippen molar-refractivity contribution in [2.45, 2.75) is 13.0 Å². The molecule has 2 aromatic heterocycles. The van der Waals surface area contributed by atoms with Crippen LogP contribution >= 0.6 is 0 Å². The summed E-state index contributed by atoms with van der Waals surface area (Å²) in [4.78, 5) is 32.7. The van der Waals surface area contributed by atoms with Crippen molar-refractivity contribution < 1.29 is 14.3 Å². The number of aromatic amines is 2. The van der Waals surface area contributed by atoms with Crippen molar-refractivity contribution in [3.05, 3.63) is 70.5 Å². The van der Waals surface area contributed by atoms with Crippen molar-refractivity contribution in [3.63, 3.8) is 0 Å². The van der Waals surface area contributed by atoms with E-state index in [1.54, 1.807) is 7.11 Å². The van der Waals surface area contributed by atoms with Crippen LogP contribution in [0.5, 0.6) is 0 Å². The summed E-state index contributed by atoms with van der Waals surface area (Å²) in [7, 11) is 3.07. The lowest BCUT2D eigenvalue weighted by atomic mass is 10.1. The molecular formula is C25H27N3O4. The summed E-state index contributed by atoms with van der Waals surface area (Å²) >= 11 is 0. The third-order valence-corrected chi connectivity index (χ3v) is 5.61. The Morgan fingerprint density at radius 3 is 2.56 bits per heavy atom. The molecule has 4 aromatic rings. The summed E-state index contributed by atoms with van der Waals surface area (Å²) in [5.74, 6) is -0.223. The summed E-state index contributed by atoms with van der Waals surface area (Å²) in [5.41, 5.74) is 4.19. The predicted octanol–water partition coefficient (Wildman–Crippen LogP) is 3.69. The number of pyridine rings is 1. The normalized spacial score (nSPS) is 11.5. The highest BCUT2D eigenvalue weighted by Crippen LogP contribution is 2.25. The third-order valence-electron chi connectivity index (χ3n) is 5.61. The van der Waals surface area contributed by atoms with Gasteiger partial charge < -0.3 is 19.4 Å². The largest absolute Gasteiger partial charge is 0.469 e. The van der Waals surface area contributed by atoms with E-state index in [1.807, 2.05) is 42.5 Å². The van der Waals surface area contributed by atoms with Gasteiger partial charge in [0.1, 0.15) is 0 Å². The van der Waals surface area contributed by atoms with Gasteiger partial charge in [-0.05, 0) is 41.3 Å². The van der Waals surface area contributed by atoms with Crippen LogP contribution in [0.15, 0.2) is 59.4 Å². The molecule has 0 radical (unpaired) electrons. The van der Waals surface area contributed by atoms with Crippen LogP contribution in [-0.2, 0) is 20.8 Å². The fourth-order valence-electron chi connectivity index (χ4n) is 3.87. The molecule has 2 heterocycles. The average molecular weight is 434 g/mol. The van der Waals surface area contributed by atoms with E-state index in [-0.39, 0.29) is 11.5 Å². The predicted molar refractivity (Wildman–Crippen MR) is 126 cm³/mol. The fourth-order valence-corrected chi connectivity index (χ4v) is 3.87. The molecule has 0 aliphatic rings. The summed E-state index contributed by atoms with van der Waals surface area (Å²) in [6, 6.07) is 17.9. The van der Waals surface area contributed by atoms with Crippen LogP contribution in [0, 0.1) is 0 Å². The quantitative estimate of drug-likeness (QED) is 0.393. The molecule has 2 aromatic carbocycles. The summed E-state index contributed by atoms with van der Waals surface area (Å²) in [6.07, 6.45) is 0.335. The minimum atomic E-state index is -0.223. The number of methoxy groups -OCH3 is 2. The van der Waals surface area contributed by atoms with Gasteiger partial charge in [-0.15, -0.1) is 0 Å². The molecule has 0 aliphatic heterocycles. The van der Waals surface area contributed by atoms with Crippen LogP contribution in [0.2, 0.25) is 0 Å². The van der Waals surface area contributed by atoms with Crippen LogP contribution < -0.4 is 5.56 Å². The first-order valence-corrected chi connectivity index (χ1v) is 10.6. The van der Waals surface area contributed by atoms with Crippen LogP contribution in [0.25, 0.3) is 33.1 Å². The van der Waals surface area contributed by atoms with E-state index in [0.717, 1.165) is 39.6 Å². The Labute approximate surface area is 186 Å². The number of aromatic nitrogens is 2. The number of carbonyl (C=O) groups is 1. The van der Waals surface area contributed by atoms with Crippen LogP contribution in [0.1, 0.15) is 12.0 Å². The number of nitrogens with zero attached hydrogens (tertiary/aromatic N) is 1. The Bertz CT molecular complexity index is 1290. The van der Waals surface area contributed by atoms with Crippen molar-refractivity contribution in [2.24, 2.45) is 0 Å². The number of hydrogen-bond acceptors (Lipinski definition) is 5. The topological polar surface area (TPSA) is 87.4 Å². The van der Waals surface area contributed by atoms with Crippen molar-refractivity contribution >= 4 is 27.8 Å². The van der Waals surface area contributed by atoms with Gasteiger partial charge in [-0.3, -0.25) is 14.5 Å². The van der Waals surface area contributed by atoms with Crippen LogP contribution in [0.3, 0.4) is 0 Å². The zero-order valence-electron chi connectivity index (χ0n) is 18.3. The van der Waals surface area contributed by atoms with Gasteiger partial charge in [-0.1, -0.05) is 24.3 Å². The maximum atomic E-state index is 12.6. The lowest BCUT2D eigenvalue weighted by Gasteiger charge is -2.21. The Kier molecular flexibility index (Phi) is 6.68. The molecule has 0 spiro atoms. The van der Waals surface area contributed by atoms with E-state index in [0.29, 0.717) is 31.7 Å². The second-order valence-electron chi connectivity index (χ2n) is 7.80. The summed E-state index contributed by atoms with van der Waals surface area (Å²) < 4.78 is 9.98. The lowest BCUT2D eigenvalue weighted by molar-refractivity contribution is -0.141. The molecule has 2 N–H and O–H groups in total. The number of H-pyrrole nitrogens is 2. The van der Waals surface area contributed by atoms with Gasteiger partial charge in [-0.25, -0.2) is 0 Å². The number of rotatable bonds is 9. The van der Waals surface area contributed by atoms with Crippen molar-refractivity contribution in [1.82, 2.24) is 14.9 Å². The highest BCUT2D eigenvalue weighted by atomic mass is 16.5. The summed E-state index contributed by atoms with van der Waals surface area (Å²) in [5, 5.41) is 2.02. The molecule has 0 fully saturated rings. The second kappa shape index (κ2) is 9.80. The number of para-hydroxylation sites is 1. The van der Waals surface area contributed by atoms with E-state index < -0.39 is 0 Å². The molecule has 0 bridgehead atoms. The zero-order chi connectivity index (χ0) is 22.5. The maximum absolute atomic E-state index is 12.6. The minimum Gasteiger partial charge on any atom is -0.469 e. The first-order chi connectivity index (χ1) is 15.6. The summed E-state index contributed by atoms with van der Waals surface area (Å²) in [6.45, 7) is 2.59. The van der Waals surface area contributed by atoms with Crippen molar-refractivity contribution in [3.8, 4) is 11.3 Å². The fraction of sp³-hybridized carbons (Fsp3) is 0.280. The first kappa shape index (κ1) is 21.8. The average Bonchev–Trinajstić information content (AvgIpc) is 3.23. The standard InChI is InChI=1S/C25H27N3O4/c1-31-12-11-28(10-9-24(29)32-2)16-17-7-8-22-19(13-17)15-23(26-22)20-14-18-5-3-4-6-21(18)27-25(20)30/h3-8,13-15,26H,9-12,16H2,1-2H3,(H,27,30). The molecule has 0 saturated heterocycles. The zero-order valence-corrected chi connectivity index (χ0v) is 18.3. The van der Waals surface area contributed by atoms with Gasteiger partial charge in [0.15, 0.2) is 0 Å². The molecule has 7 nitrogen and oxygen atoms in total. The van der Waals surface area contributed by atoms with Gasteiger partial charge >= 0.3 is 5.97 Å². The number of ether oxygens (including phenoxy) is 2. The Balaban J connectivity index is 1.59. The number of fused-ring (bicyclic) bond motifs is 2. The molecular weight excluding hydrogens is 406 g/mol. The third kappa shape index (κ3) is 4.90. The van der Waals surface area contributed by atoms with E-state index >= 15 is 0 Å². The molecule has 7 heteroatoms. The number of carbonyl (C=O) groups excluding carboxylic acids is 1. The second-order valence-corrected chi connectivity index (χ2v) is 7.80. The molecule has 0 saturated carbocycles. The molecule has 0 atom stereocenters. The van der Waals surface area contributed by atoms with E-state index in [1.165, 1.54) is 7.11 Å². The highest BCUT2D eigenvalue weighted by Gasteiger charge is 2.12. The molecule has 32 heavy (non-hydrogen) atoms. The molecule has 0 aliphatic carbocycles. The molecule has 0 unspecified atom stereocenters. The van der Waals surface area contributed by atoms with Gasteiger partial charge in [0.05, 0.1) is 31.4 Å². The monoisotopic (exact) mass is 433 g/mol. The van der Waals surface area contributed by atoms with Crippen LogP contribution in [0.4, 0.5) is 0 Å². The lowest BCUT2D eigenvalue weighted by Crippen LogP contribution is -2.29. The van der Waals surface area contributed by atoms with Gasteiger partial charge in [0.2, 0.25) is 0 Å². The van der Waals surface area contributed by atoms with E-state index in [9.17, 15) is 9.59 Å². The molecule has 0 amide bonds. The Hall–Kier alpha value is -3.42. The molecule has 4 rings (SSSR count). The van der Waals surface area contributed by atoms with Gasteiger partial charge in [0.25, 0.3) is 5.56 Å². The SMILES string of the molecule is COCCN(CCC(=O)OC)Cc1ccc2[nH]c(-c3cc4ccccc4[nH]c3=O)cc2c1. The van der Waals surface area contributed by atoms with E-state index in [4.69, 9.17) is 9.47 Å². The Morgan fingerprint density at radius 1 is 0.938 bits per heavy atom. The number of hydrogen-bond donors (Lipinski definition) is 2. The van der Waals surface area contributed by atoms with Crippen molar-refractivity contribution in [2.75, 3.05) is 33.9 Å². The minimum absolute atomic E-state index is 0.121. The number of esters is 1. The van der Waals surface area contributed by atoms with Gasteiger partial charge in [0, 0.05) is 43.2 Å². The Morgan fingerprint density at radius 2 is 1.75 bits per heavy atom. The maximum Gasteiger partial charge on any atom is 0.306 e. The number of nitrogens with one attached hydrogen (secondary N) is 2. The van der Waals surface area contributed by atoms with E-state index in [2.05, 4.69) is 27.0 Å². The van der Waals surface area contributed by atoms with Gasteiger partial charge in [-0.2, -0.15) is 0 Å². The highest BCUT2D eigenvalue weighted by molar-refractivity contribution is 5.89.